The molecule has 1 fully saturated rings. The molecule has 0 amide bonds. The Bertz CT molecular complexity index is 563. The van der Waals surface area contributed by atoms with Gasteiger partial charge in [0.15, 0.2) is 12.4 Å². The minimum absolute atomic E-state index is 0.276. The van der Waals surface area contributed by atoms with Gasteiger partial charge in [-0.3, -0.25) is 4.98 Å². The maximum absolute atomic E-state index is 5.60. The summed E-state index contributed by atoms with van der Waals surface area (Å²) in [6, 6.07) is 4.58. The Hall–Kier alpha value is -1.95. The third kappa shape index (κ3) is 4.26. The van der Waals surface area contributed by atoms with Gasteiger partial charge in [0.25, 0.3) is 5.89 Å². The third-order valence-electron chi connectivity index (χ3n) is 3.29. The molecule has 2 aromatic heterocycles. The fourth-order valence-electron chi connectivity index (χ4n) is 1.96. The second-order valence-corrected chi connectivity index (χ2v) is 5.28. The van der Waals surface area contributed by atoms with E-state index in [4.69, 9.17) is 9.26 Å². The zero-order valence-corrected chi connectivity index (χ0v) is 12.2. The number of nitrogens with zero attached hydrogens (tertiary/aromatic N) is 3. The number of ether oxygens (including phenoxy) is 1. The largest absolute Gasteiger partial charge is 0.482 e. The van der Waals surface area contributed by atoms with Gasteiger partial charge in [0.2, 0.25) is 0 Å². The van der Waals surface area contributed by atoms with Crippen molar-refractivity contribution in [1.82, 2.24) is 20.4 Å². The number of hydrogen-bond acceptors (Lipinski definition) is 6. The summed E-state index contributed by atoms with van der Waals surface area (Å²) >= 11 is 0. The van der Waals surface area contributed by atoms with Crippen molar-refractivity contribution >= 4 is 0 Å². The number of pyridine rings is 1. The highest BCUT2D eigenvalue weighted by molar-refractivity contribution is 5.20. The Morgan fingerprint density at radius 2 is 2.29 bits per heavy atom. The van der Waals surface area contributed by atoms with Crippen LogP contribution in [0.2, 0.25) is 0 Å². The van der Waals surface area contributed by atoms with Crippen LogP contribution in [0.3, 0.4) is 0 Å². The van der Waals surface area contributed by atoms with E-state index >= 15 is 0 Å². The number of aromatic nitrogens is 3. The van der Waals surface area contributed by atoms with Gasteiger partial charge >= 0.3 is 0 Å². The number of hydrogen-bond donors (Lipinski definition) is 1. The molecule has 2 heterocycles. The molecule has 0 saturated heterocycles. The lowest BCUT2D eigenvalue weighted by molar-refractivity contribution is 0.241. The van der Waals surface area contributed by atoms with E-state index in [1.165, 1.54) is 12.8 Å². The molecule has 2 aromatic rings. The molecule has 21 heavy (non-hydrogen) atoms. The predicted molar refractivity (Wildman–Crippen MR) is 76.7 cm³/mol. The highest BCUT2D eigenvalue weighted by atomic mass is 16.5. The number of rotatable bonds is 8. The molecule has 6 nitrogen and oxygen atoms in total. The molecule has 1 saturated carbocycles. The van der Waals surface area contributed by atoms with E-state index in [1.807, 2.05) is 12.1 Å². The molecule has 3 rings (SSSR count). The van der Waals surface area contributed by atoms with Crippen LogP contribution in [0.4, 0.5) is 0 Å². The van der Waals surface area contributed by atoms with E-state index in [0.717, 1.165) is 30.9 Å². The first-order valence-corrected chi connectivity index (χ1v) is 7.46. The Balaban J connectivity index is 1.47. The van der Waals surface area contributed by atoms with Crippen molar-refractivity contribution in [2.24, 2.45) is 0 Å². The molecule has 6 heteroatoms. The summed E-state index contributed by atoms with van der Waals surface area (Å²) in [5.41, 5.74) is 1.03. The molecule has 1 N–H and O–H groups in total. The molecular weight excluding hydrogens is 268 g/mol. The average molecular weight is 288 g/mol. The van der Waals surface area contributed by atoms with Gasteiger partial charge in [0.1, 0.15) is 5.75 Å². The van der Waals surface area contributed by atoms with E-state index in [1.54, 1.807) is 6.20 Å². The molecule has 0 aliphatic heterocycles. The topological polar surface area (TPSA) is 73.1 Å². The average Bonchev–Trinajstić information content (AvgIpc) is 3.24. The standard InChI is InChI=1S/C15H20N4O2/c1-2-3-14-18-15(21-19-14)10-20-13-7-6-12(17-9-13)8-16-11-4-5-11/h6-7,9,11,16H,2-5,8,10H2,1H3. The van der Waals surface area contributed by atoms with Crippen LogP contribution in [0.15, 0.2) is 22.9 Å². The zero-order valence-electron chi connectivity index (χ0n) is 12.2. The summed E-state index contributed by atoms with van der Waals surface area (Å²) in [5, 5.41) is 7.32. The van der Waals surface area contributed by atoms with Gasteiger partial charge in [-0.05, 0) is 31.4 Å². The molecule has 1 aliphatic carbocycles. The SMILES string of the molecule is CCCc1noc(COc2ccc(CNC3CC3)nc2)n1. The summed E-state index contributed by atoms with van der Waals surface area (Å²) in [6.45, 7) is 3.17. The maximum Gasteiger partial charge on any atom is 0.264 e. The lowest BCUT2D eigenvalue weighted by Gasteiger charge is -2.05. The number of aryl methyl sites for hydroxylation is 1. The quantitative estimate of drug-likeness (QED) is 0.803. The molecule has 0 atom stereocenters. The van der Waals surface area contributed by atoms with E-state index in [2.05, 4.69) is 27.4 Å². The van der Waals surface area contributed by atoms with Crippen molar-refractivity contribution in [3.05, 3.63) is 35.7 Å². The first-order chi connectivity index (χ1) is 10.3. The summed E-state index contributed by atoms with van der Waals surface area (Å²) in [6.07, 6.45) is 6.12. The van der Waals surface area contributed by atoms with Crippen molar-refractivity contribution < 1.29 is 9.26 Å². The Labute approximate surface area is 123 Å². The molecule has 0 unspecified atom stereocenters. The molecule has 0 radical (unpaired) electrons. The summed E-state index contributed by atoms with van der Waals surface area (Å²) in [7, 11) is 0. The monoisotopic (exact) mass is 288 g/mol. The van der Waals surface area contributed by atoms with E-state index in [-0.39, 0.29) is 6.61 Å². The normalized spacial score (nSPS) is 14.3. The van der Waals surface area contributed by atoms with Crippen molar-refractivity contribution in [3.8, 4) is 5.75 Å². The van der Waals surface area contributed by atoms with Crippen molar-refractivity contribution in [1.29, 1.82) is 0 Å². The molecular formula is C15H20N4O2. The smallest absolute Gasteiger partial charge is 0.264 e. The van der Waals surface area contributed by atoms with Crippen molar-refractivity contribution in [3.63, 3.8) is 0 Å². The molecule has 0 bridgehead atoms. The highest BCUT2D eigenvalue weighted by Crippen LogP contribution is 2.19. The Morgan fingerprint density at radius 1 is 1.38 bits per heavy atom. The van der Waals surface area contributed by atoms with Gasteiger partial charge in [-0.15, -0.1) is 0 Å². The second kappa shape index (κ2) is 6.67. The van der Waals surface area contributed by atoms with Crippen LogP contribution in [-0.4, -0.2) is 21.2 Å². The van der Waals surface area contributed by atoms with Gasteiger partial charge in [-0.1, -0.05) is 12.1 Å². The Kier molecular flexibility index (Phi) is 4.45. The van der Waals surface area contributed by atoms with Crippen molar-refractivity contribution in [2.75, 3.05) is 0 Å². The molecule has 1 aliphatic rings. The van der Waals surface area contributed by atoms with Crippen LogP contribution in [0.25, 0.3) is 0 Å². The van der Waals surface area contributed by atoms with E-state index in [9.17, 15) is 0 Å². The first-order valence-electron chi connectivity index (χ1n) is 7.46. The molecule has 0 spiro atoms. The van der Waals surface area contributed by atoms with Crippen LogP contribution in [-0.2, 0) is 19.6 Å². The number of nitrogens with one attached hydrogen (secondary N) is 1. The van der Waals surface area contributed by atoms with E-state index < -0.39 is 0 Å². The summed E-state index contributed by atoms with van der Waals surface area (Å²) < 4.78 is 10.7. The molecule has 112 valence electrons. The fraction of sp³-hybridized carbons (Fsp3) is 0.533. The Morgan fingerprint density at radius 3 is 3.00 bits per heavy atom. The molecule has 0 aromatic carbocycles. The van der Waals surface area contributed by atoms with Crippen LogP contribution >= 0.6 is 0 Å². The minimum atomic E-state index is 0.276. The van der Waals surface area contributed by atoms with Gasteiger partial charge in [0.05, 0.1) is 11.9 Å². The fourth-order valence-corrected chi connectivity index (χ4v) is 1.96. The zero-order chi connectivity index (χ0) is 14.5. The van der Waals surface area contributed by atoms with Gasteiger partial charge in [-0.2, -0.15) is 4.98 Å². The summed E-state index contributed by atoms with van der Waals surface area (Å²) in [4.78, 5) is 8.63. The summed E-state index contributed by atoms with van der Waals surface area (Å²) in [5.74, 6) is 1.94. The van der Waals surface area contributed by atoms with E-state index in [0.29, 0.717) is 17.7 Å². The first kappa shape index (κ1) is 14.0. The van der Waals surface area contributed by atoms with Crippen molar-refractivity contribution in [2.45, 2.75) is 51.8 Å². The lowest BCUT2D eigenvalue weighted by Crippen LogP contribution is -2.16. The predicted octanol–water partition coefficient (Wildman–Crippen LogP) is 2.25. The minimum Gasteiger partial charge on any atom is -0.482 e. The second-order valence-electron chi connectivity index (χ2n) is 5.28. The van der Waals surface area contributed by atoms with Crippen LogP contribution < -0.4 is 10.1 Å². The van der Waals surface area contributed by atoms with Gasteiger partial charge in [-0.25, -0.2) is 0 Å². The van der Waals surface area contributed by atoms with Crippen LogP contribution in [0, 0.1) is 0 Å². The van der Waals surface area contributed by atoms with Gasteiger partial charge in [0, 0.05) is 19.0 Å². The van der Waals surface area contributed by atoms with Crippen LogP contribution in [0.1, 0.15) is 43.6 Å². The lowest BCUT2D eigenvalue weighted by atomic mass is 10.3. The van der Waals surface area contributed by atoms with Crippen LogP contribution in [0.5, 0.6) is 5.75 Å². The third-order valence-corrected chi connectivity index (χ3v) is 3.29. The van der Waals surface area contributed by atoms with Gasteiger partial charge < -0.3 is 14.6 Å². The highest BCUT2D eigenvalue weighted by Gasteiger charge is 2.20. The maximum atomic E-state index is 5.60.